The van der Waals surface area contributed by atoms with Crippen molar-refractivity contribution in [3.63, 3.8) is 0 Å². The summed E-state index contributed by atoms with van der Waals surface area (Å²) in [6.07, 6.45) is 0.00693. The normalized spacial score (nSPS) is 14.7. The van der Waals surface area contributed by atoms with Crippen LogP contribution in [-0.2, 0) is 22.0 Å². The van der Waals surface area contributed by atoms with Gasteiger partial charge in [0.15, 0.2) is 5.82 Å². The number of hydrogen-bond acceptors (Lipinski definition) is 7. The minimum atomic E-state index is -0.956. The van der Waals surface area contributed by atoms with E-state index in [0.29, 0.717) is 35.5 Å². The molecule has 1 aliphatic rings. The number of carboxylic acid groups (broad SMARTS) is 1. The zero-order valence-corrected chi connectivity index (χ0v) is 23.5. The summed E-state index contributed by atoms with van der Waals surface area (Å²) in [6, 6.07) is 16.5. The van der Waals surface area contributed by atoms with Gasteiger partial charge >= 0.3 is 12.1 Å². The molecule has 5 aromatic rings. The summed E-state index contributed by atoms with van der Waals surface area (Å²) in [5.41, 5.74) is 2.22. The van der Waals surface area contributed by atoms with E-state index in [4.69, 9.17) is 4.74 Å². The van der Waals surface area contributed by atoms with E-state index < -0.39 is 29.4 Å². The number of aliphatic carboxylic acids is 1. The maximum Gasteiger partial charge on any atom is 0.413 e. The van der Waals surface area contributed by atoms with Crippen LogP contribution >= 0.6 is 22.7 Å². The van der Waals surface area contributed by atoms with Crippen LogP contribution in [0.1, 0.15) is 42.6 Å². The van der Waals surface area contributed by atoms with Crippen molar-refractivity contribution in [2.75, 3.05) is 5.32 Å². The van der Waals surface area contributed by atoms with Gasteiger partial charge in [0.05, 0.1) is 10.3 Å². The van der Waals surface area contributed by atoms with Gasteiger partial charge in [0.25, 0.3) is 0 Å². The van der Waals surface area contributed by atoms with Crippen molar-refractivity contribution in [3.05, 3.63) is 77.1 Å². The number of rotatable bonds is 7. The molecule has 1 amide bonds. The molecule has 6 rings (SSSR count). The Hall–Kier alpha value is -4.09. The van der Waals surface area contributed by atoms with E-state index in [1.807, 2.05) is 49.4 Å². The molecule has 0 aliphatic heterocycles. The summed E-state index contributed by atoms with van der Waals surface area (Å²) in [4.78, 5) is 26.0. The molecule has 8 nitrogen and oxygen atoms in total. The number of benzene rings is 2. The van der Waals surface area contributed by atoms with E-state index >= 15 is 4.39 Å². The van der Waals surface area contributed by atoms with Gasteiger partial charge in [-0.3, -0.25) is 10.1 Å². The van der Waals surface area contributed by atoms with Crippen molar-refractivity contribution in [1.82, 2.24) is 15.0 Å². The van der Waals surface area contributed by atoms with Crippen LogP contribution < -0.4 is 5.32 Å². The number of carboxylic acids is 1. The van der Waals surface area contributed by atoms with Crippen molar-refractivity contribution in [2.24, 2.45) is 7.05 Å². The van der Waals surface area contributed by atoms with E-state index in [9.17, 15) is 14.7 Å². The highest BCUT2D eigenvalue weighted by atomic mass is 32.1. The molecule has 3 heterocycles. The Labute approximate surface area is 237 Å². The first-order valence-corrected chi connectivity index (χ1v) is 14.3. The number of carbonyl (C=O) groups is 2. The average Bonchev–Trinajstić information content (AvgIpc) is 3.34. The molecule has 1 atom stereocenters. The number of nitrogens with zero attached hydrogens (tertiary/aromatic N) is 3. The number of carbonyl (C=O) groups excluding carboxylic acids is 1. The number of anilines is 1. The van der Waals surface area contributed by atoms with E-state index in [2.05, 4.69) is 15.6 Å². The highest BCUT2D eigenvalue weighted by Gasteiger charge is 2.52. The number of aryl methyl sites for hydroxylation is 2. The van der Waals surface area contributed by atoms with Crippen molar-refractivity contribution in [1.29, 1.82) is 0 Å². The molecule has 0 spiro atoms. The smallest absolute Gasteiger partial charge is 0.413 e. The SMILES string of the molecule is Cc1cc(-c2cc3sc(-c4nnn(C)c4NC(=O)OC(C)c4ccccc4)cc3s2)c(F)cc1C1(C(=O)O)CC1. The zero-order chi connectivity index (χ0) is 28.2. The lowest BCUT2D eigenvalue weighted by Crippen LogP contribution is -2.21. The Balaban J connectivity index is 1.24. The second-order valence-corrected chi connectivity index (χ2v) is 12.1. The largest absolute Gasteiger partial charge is 0.481 e. The van der Waals surface area contributed by atoms with Crippen LogP contribution in [-0.4, -0.2) is 32.2 Å². The zero-order valence-electron chi connectivity index (χ0n) is 21.9. The van der Waals surface area contributed by atoms with Crippen LogP contribution in [0.4, 0.5) is 15.0 Å². The topological polar surface area (TPSA) is 106 Å². The summed E-state index contributed by atoms with van der Waals surface area (Å²) < 4.78 is 24.1. The summed E-state index contributed by atoms with van der Waals surface area (Å²) in [6.45, 7) is 3.64. The first-order valence-electron chi connectivity index (χ1n) is 12.7. The molecule has 1 unspecified atom stereocenters. The van der Waals surface area contributed by atoms with Crippen LogP contribution in [0, 0.1) is 12.7 Å². The lowest BCUT2D eigenvalue weighted by atomic mass is 9.90. The molecule has 11 heteroatoms. The number of hydrogen-bond donors (Lipinski definition) is 2. The van der Waals surface area contributed by atoms with Crippen LogP contribution in [0.15, 0.2) is 54.6 Å². The second kappa shape index (κ2) is 9.83. The average molecular weight is 577 g/mol. The molecule has 1 fully saturated rings. The summed E-state index contributed by atoms with van der Waals surface area (Å²) in [5.74, 6) is -0.918. The predicted molar refractivity (Wildman–Crippen MR) is 153 cm³/mol. The molecular formula is C29H25FN4O4S2. The third-order valence-corrected chi connectivity index (χ3v) is 9.63. The van der Waals surface area contributed by atoms with E-state index in [1.54, 1.807) is 20.0 Å². The van der Waals surface area contributed by atoms with Crippen molar-refractivity contribution >= 4 is 50.0 Å². The van der Waals surface area contributed by atoms with Gasteiger partial charge in [0.1, 0.15) is 17.6 Å². The molecule has 2 N–H and O–H groups in total. The Morgan fingerprint density at radius 1 is 1.10 bits per heavy atom. The molecule has 2 aromatic carbocycles. The number of amides is 1. The molecule has 1 saturated carbocycles. The lowest BCUT2D eigenvalue weighted by molar-refractivity contribution is -0.140. The third kappa shape index (κ3) is 4.54. The molecule has 204 valence electrons. The molecular weight excluding hydrogens is 551 g/mol. The fourth-order valence-corrected chi connectivity index (χ4v) is 7.34. The van der Waals surface area contributed by atoms with Crippen molar-refractivity contribution in [2.45, 2.75) is 38.2 Å². The third-order valence-electron chi connectivity index (χ3n) is 7.29. The van der Waals surface area contributed by atoms with E-state index in [-0.39, 0.29) is 0 Å². The van der Waals surface area contributed by atoms with E-state index in [1.165, 1.54) is 33.4 Å². The van der Waals surface area contributed by atoms with Gasteiger partial charge in [0, 0.05) is 26.9 Å². The van der Waals surface area contributed by atoms with Crippen LogP contribution in [0.2, 0.25) is 0 Å². The Kier molecular flexibility index (Phi) is 6.42. The fraction of sp³-hybridized carbons (Fsp3) is 0.241. The number of ether oxygens (including phenoxy) is 1. The first-order chi connectivity index (χ1) is 19.2. The quantitative estimate of drug-likeness (QED) is 0.211. The summed E-state index contributed by atoms with van der Waals surface area (Å²) >= 11 is 2.91. The molecule has 40 heavy (non-hydrogen) atoms. The molecule has 0 saturated heterocycles. The van der Waals surface area contributed by atoms with Crippen molar-refractivity contribution in [3.8, 4) is 21.0 Å². The number of thiophene rings is 2. The van der Waals surface area contributed by atoms with Gasteiger partial charge in [-0.25, -0.2) is 13.9 Å². The summed E-state index contributed by atoms with van der Waals surface area (Å²) in [5, 5.41) is 20.8. The standard InChI is InChI=1S/C29H25FN4O4S2/c1-15-11-18(20(30)12-19(15)29(9-10-29)27(35)36)21-13-22-23(39-21)14-24(40-22)25-26(34(3)33-32-25)31-28(37)38-16(2)17-7-5-4-6-8-17/h4-8,11-14,16H,9-10H2,1-3H3,(H,31,37)(H,35,36). The van der Waals surface area contributed by atoms with Gasteiger partial charge in [0.2, 0.25) is 0 Å². The molecule has 0 radical (unpaired) electrons. The van der Waals surface area contributed by atoms with Crippen LogP contribution in [0.25, 0.3) is 30.4 Å². The minimum Gasteiger partial charge on any atom is -0.481 e. The molecule has 0 bridgehead atoms. The fourth-order valence-electron chi connectivity index (χ4n) is 4.94. The van der Waals surface area contributed by atoms with Crippen LogP contribution in [0.3, 0.4) is 0 Å². The Bertz CT molecular complexity index is 1740. The maximum absolute atomic E-state index is 15.2. The van der Waals surface area contributed by atoms with Gasteiger partial charge in [-0.1, -0.05) is 35.5 Å². The first kappa shape index (κ1) is 26.1. The van der Waals surface area contributed by atoms with Crippen molar-refractivity contribution < 1.29 is 23.8 Å². The van der Waals surface area contributed by atoms with E-state index in [0.717, 1.165) is 30.3 Å². The van der Waals surface area contributed by atoms with Gasteiger partial charge in [-0.2, -0.15) is 0 Å². The highest BCUT2D eigenvalue weighted by molar-refractivity contribution is 7.31. The van der Waals surface area contributed by atoms with Gasteiger partial charge in [-0.15, -0.1) is 27.8 Å². The van der Waals surface area contributed by atoms with Gasteiger partial charge < -0.3 is 9.84 Å². The van der Waals surface area contributed by atoms with Crippen LogP contribution in [0.5, 0.6) is 0 Å². The molecule has 3 aromatic heterocycles. The minimum absolute atomic E-state index is 0.407. The predicted octanol–water partition coefficient (Wildman–Crippen LogP) is 7.30. The monoisotopic (exact) mass is 576 g/mol. The Morgan fingerprint density at radius 2 is 1.77 bits per heavy atom. The maximum atomic E-state index is 15.2. The molecule has 1 aliphatic carbocycles. The highest BCUT2D eigenvalue weighted by Crippen LogP contribution is 2.51. The number of aromatic nitrogens is 3. The second-order valence-electron chi connectivity index (χ2n) is 9.98. The summed E-state index contributed by atoms with van der Waals surface area (Å²) in [7, 11) is 1.69. The number of fused-ring (bicyclic) bond motifs is 1. The number of nitrogens with one attached hydrogen (secondary N) is 1. The Morgan fingerprint density at radius 3 is 2.45 bits per heavy atom. The van der Waals surface area contributed by atoms with Gasteiger partial charge in [-0.05, 0) is 67.6 Å². The number of halogens is 1. The lowest BCUT2D eigenvalue weighted by Gasteiger charge is -2.15.